The Morgan fingerprint density at radius 3 is 2.68 bits per heavy atom. The Morgan fingerprint density at radius 2 is 2.05 bits per heavy atom. The van der Waals surface area contributed by atoms with Crippen LogP contribution < -0.4 is 5.32 Å². The summed E-state index contributed by atoms with van der Waals surface area (Å²) < 4.78 is 5.23. The number of aryl methyl sites for hydroxylation is 1. The van der Waals surface area contributed by atoms with Gasteiger partial charge in [-0.2, -0.15) is 0 Å². The van der Waals surface area contributed by atoms with E-state index in [2.05, 4.69) is 5.32 Å². The highest BCUT2D eigenvalue weighted by Gasteiger charge is 2.22. The van der Waals surface area contributed by atoms with Crippen LogP contribution in [0.25, 0.3) is 0 Å². The number of alkyl carbamates (subject to hydrolysis) is 1. The molecular formula is C17H23NO4. The van der Waals surface area contributed by atoms with Gasteiger partial charge < -0.3 is 15.2 Å². The second-order valence-electron chi connectivity index (χ2n) is 6.78. The second kappa shape index (κ2) is 6.38. The Kier molecular flexibility index (Phi) is 4.74. The van der Waals surface area contributed by atoms with Crippen molar-refractivity contribution in [2.75, 3.05) is 6.54 Å². The summed E-state index contributed by atoms with van der Waals surface area (Å²) in [7, 11) is 0. The maximum Gasteiger partial charge on any atom is 0.407 e. The van der Waals surface area contributed by atoms with Crippen LogP contribution in [0.2, 0.25) is 0 Å². The molecule has 1 atom stereocenters. The van der Waals surface area contributed by atoms with Gasteiger partial charge in [-0.25, -0.2) is 9.59 Å². The smallest absolute Gasteiger partial charge is 0.407 e. The quantitative estimate of drug-likeness (QED) is 0.900. The number of rotatable bonds is 3. The van der Waals surface area contributed by atoms with Crippen molar-refractivity contribution in [3.8, 4) is 0 Å². The highest BCUT2D eigenvalue weighted by atomic mass is 16.6. The number of amides is 1. The molecule has 0 saturated carbocycles. The van der Waals surface area contributed by atoms with Crippen LogP contribution in [0.1, 0.15) is 48.7 Å². The van der Waals surface area contributed by atoms with E-state index in [1.165, 1.54) is 5.56 Å². The second-order valence-corrected chi connectivity index (χ2v) is 6.78. The first-order valence-corrected chi connectivity index (χ1v) is 7.56. The van der Waals surface area contributed by atoms with Crippen LogP contribution in [-0.4, -0.2) is 29.3 Å². The Hall–Kier alpha value is -2.04. The molecular weight excluding hydrogens is 282 g/mol. The van der Waals surface area contributed by atoms with E-state index in [0.29, 0.717) is 18.0 Å². The number of carbonyl (C=O) groups is 2. The maximum atomic E-state index is 11.7. The molecule has 0 aliphatic heterocycles. The summed E-state index contributed by atoms with van der Waals surface area (Å²) in [4.78, 5) is 22.6. The molecule has 1 aromatic carbocycles. The van der Waals surface area contributed by atoms with Crippen molar-refractivity contribution in [2.24, 2.45) is 5.92 Å². The van der Waals surface area contributed by atoms with Crippen LogP contribution in [0, 0.1) is 5.92 Å². The Bertz CT molecular complexity index is 575. The van der Waals surface area contributed by atoms with Crippen molar-refractivity contribution < 1.29 is 19.4 Å². The molecule has 120 valence electrons. The zero-order valence-electron chi connectivity index (χ0n) is 13.3. The zero-order valence-corrected chi connectivity index (χ0v) is 13.3. The molecule has 5 heteroatoms. The number of nitrogens with one attached hydrogen (secondary N) is 1. The lowest BCUT2D eigenvalue weighted by Crippen LogP contribution is -2.36. The summed E-state index contributed by atoms with van der Waals surface area (Å²) in [6.45, 7) is 6.09. The number of carboxylic acid groups (broad SMARTS) is 1. The van der Waals surface area contributed by atoms with Gasteiger partial charge in [0, 0.05) is 6.54 Å². The molecule has 0 radical (unpaired) electrons. The van der Waals surface area contributed by atoms with Gasteiger partial charge in [0.2, 0.25) is 0 Å². The first-order valence-electron chi connectivity index (χ1n) is 7.56. The summed E-state index contributed by atoms with van der Waals surface area (Å²) in [5.41, 5.74) is 2.13. The Labute approximate surface area is 130 Å². The minimum Gasteiger partial charge on any atom is -0.478 e. The van der Waals surface area contributed by atoms with E-state index in [1.54, 1.807) is 12.1 Å². The van der Waals surface area contributed by atoms with E-state index < -0.39 is 11.6 Å². The normalized spacial score (nSPS) is 17.5. The highest BCUT2D eigenvalue weighted by molar-refractivity contribution is 5.87. The average Bonchev–Trinajstić information content (AvgIpc) is 2.42. The van der Waals surface area contributed by atoms with Crippen molar-refractivity contribution in [1.82, 2.24) is 5.32 Å². The standard InChI is InChI=1S/C17H23NO4/c1-17(2,3)22-16(21)18-10-11-4-5-13-9-14(15(19)20)7-6-12(13)8-11/h6-7,9,11H,4-5,8,10H2,1-3H3,(H,18,21)(H,19,20). The fourth-order valence-corrected chi connectivity index (χ4v) is 2.68. The van der Waals surface area contributed by atoms with Crippen LogP contribution >= 0.6 is 0 Å². The van der Waals surface area contributed by atoms with Crippen LogP contribution in [0.3, 0.4) is 0 Å². The zero-order chi connectivity index (χ0) is 16.3. The molecule has 1 aromatic rings. The summed E-state index contributed by atoms with van der Waals surface area (Å²) in [6, 6.07) is 5.29. The van der Waals surface area contributed by atoms with Gasteiger partial charge in [0.15, 0.2) is 0 Å². The molecule has 2 N–H and O–H groups in total. The molecule has 22 heavy (non-hydrogen) atoms. The lowest BCUT2D eigenvalue weighted by molar-refractivity contribution is 0.0517. The number of hydrogen-bond donors (Lipinski definition) is 2. The molecule has 0 fully saturated rings. The maximum absolute atomic E-state index is 11.7. The van der Waals surface area contributed by atoms with Gasteiger partial charge in [0.25, 0.3) is 0 Å². The first-order chi connectivity index (χ1) is 10.2. The van der Waals surface area contributed by atoms with Crippen LogP contribution in [0.15, 0.2) is 18.2 Å². The van der Waals surface area contributed by atoms with Crippen molar-refractivity contribution in [3.05, 3.63) is 34.9 Å². The van der Waals surface area contributed by atoms with Crippen molar-refractivity contribution in [3.63, 3.8) is 0 Å². The van der Waals surface area contributed by atoms with Crippen LogP contribution in [-0.2, 0) is 17.6 Å². The molecule has 0 heterocycles. The first kappa shape index (κ1) is 16.3. The molecule has 2 rings (SSSR count). The van der Waals surface area contributed by atoms with Crippen LogP contribution in [0.4, 0.5) is 4.79 Å². The molecule has 0 spiro atoms. The molecule has 1 amide bonds. The minimum absolute atomic E-state index is 0.337. The fourth-order valence-electron chi connectivity index (χ4n) is 2.68. The number of benzene rings is 1. The lowest BCUT2D eigenvalue weighted by Gasteiger charge is -2.26. The van der Waals surface area contributed by atoms with E-state index in [4.69, 9.17) is 9.84 Å². The van der Waals surface area contributed by atoms with E-state index in [1.807, 2.05) is 26.8 Å². The summed E-state index contributed by atoms with van der Waals surface area (Å²) in [5, 5.41) is 11.8. The van der Waals surface area contributed by atoms with E-state index in [-0.39, 0.29) is 6.09 Å². The number of aromatic carboxylic acids is 1. The summed E-state index contributed by atoms with van der Waals surface area (Å²) in [6.07, 6.45) is 2.24. The minimum atomic E-state index is -0.892. The van der Waals surface area contributed by atoms with Crippen molar-refractivity contribution in [1.29, 1.82) is 0 Å². The topological polar surface area (TPSA) is 75.6 Å². The predicted octanol–water partition coefficient (Wildman–Crippen LogP) is 3.01. The number of ether oxygens (including phenoxy) is 1. The molecule has 1 unspecified atom stereocenters. The monoisotopic (exact) mass is 305 g/mol. The number of carboxylic acids is 1. The van der Waals surface area contributed by atoms with E-state index >= 15 is 0 Å². The number of fused-ring (bicyclic) bond motifs is 1. The van der Waals surface area contributed by atoms with Gasteiger partial charge >= 0.3 is 12.1 Å². The highest BCUT2D eigenvalue weighted by Crippen LogP contribution is 2.26. The average molecular weight is 305 g/mol. The molecule has 0 aromatic heterocycles. The molecule has 5 nitrogen and oxygen atoms in total. The summed E-state index contributed by atoms with van der Waals surface area (Å²) in [5.74, 6) is -0.535. The van der Waals surface area contributed by atoms with Crippen molar-refractivity contribution in [2.45, 2.75) is 45.6 Å². The molecule has 1 aliphatic carbocycles. The van der Waals surface area contributed by atoms with Gasteiger partial charge in [0.1, 0.15) is 5.60 Å². The number of carbonyl (C=O) groups excluding carboxylic acids is 1. The molecule has 0 saturated heterocycles. The van der Waals surface area contributed by atoms with Gasteiger partial charge in [0.05, 0.1) is 5.56 Å². The van der Waals surface area contributed by atoms with Crippen molar-refractivity contribution >= 4 is 12.1 Å². The van der Waals surface area contributed by atoms with Crippen LogP contribution in [0.5, 0.6) is 0 Å². The van der Waals surface area contributed by atoms with Gasteiger partial charge in [-0.05, 0) is 69.2 Å². The summed E-state index contributed by atoms with van der Waals surface area (Å²) >= 11 is 0. The predicted molar refractivity (Wildman–Crippen MR) is 83.2 cm³/mol. The Balaban J connectivity index is 1.90. The largest absolute Gasteiger partial charge is 0.478 e. The van der Waals surface area contributed by atoms with Gasteiger partial charge in [-0.3, -0.25) is 0 Å². The van der Waals surface area contributed by atoms with Gasteiger partial charge in [-0.1, -0.05) is 6.07 Å². The SMILES string of the molecule is CC(C)(C)OC(=O)NCC1CCc2cc(C(=O)O)ccc2C1. The van der Waals surface area contributed by atoms with E-state index in [9.17, 15) is 9.59 Å². The lowest BCUT2D eigenvalue weighted by atomic mass is 9.83. The van der Waals surface area contributed by atoms with Gasteiger partial charge in [-0.15, -0.1) is 0 Å². The Morgan fingerprint density at radius 1 is 1.32 bits per heavy atom. The third-order valence-electron chi connectivity index (χ3n) is 3.72. The number of hydrogen-bond acceptors (Lipinski definition) is 3. The molecule has 0 bridgehead atoms. The third kappa shape index (κ3) is 4.48. The molecule has 1 aliphatic rings. The third-order valence-corrected chi connectivity index (χ3v) is 3.72. The van der Waals surface area contributed by atoms with E-state index in [0.717, 1.165) is 24.8 Å². The fraction of sp³-hybridized carbons (Fsp3) is 0.529.